The fourth-order valence-corrected chi connectivity index (χ4v) is 1.97. The number of hydrogen-bond acceptors (Lipinski definition) is 3. The molecule has 1 aromatic carbocycles. The maximum atomic E-state index is 10.8. The summed E-state index contributed by atoms with van der Waals surface area (Å²) in [5, 5.41) is 16.3. The summed E-state index contributed by atoms with van der Waals surface area (Å²) in [5.74, 6) is -0.806. The highest BCUT2D eigenvalue weighted by atomic mass is 16.4. The normalized spacial score (nSPS) is 10.6. The van der Waals surface area contributed by atoms with Crippen LogP contribution in [-0.2, 0) is 31.4 Å². The van der Waals surface area contributed by atoms with Gasteiger partial charge in [0.15, 0.2) is 0 Å². The number of hydrogen-bond donors (Lipinski definition) is 2. The Labute approximate surface area is 111 Å². The first-order chi connectivity index (χ1) is 9.16. The molecule has 2 rings (SSSR count). The summed E-state index contributed by atoms with van der Waals surface area (Å²) in [6, 6.07) is 9.55. The van der Waals surface area contributed by atoms with Crippen LogP contribution >= 0.6 is 0 Å². The summed E-state index contributed by atoms with van der Waals surface area (Å²) in [7, 11) is 1.90. The van der Waals surface area contributed by atoms with Crippen molar-refractivity contribution in [1.82, 2.24) is 15.1 Å². The van der Waals surface area contributed by atoms with Gasteiger partial charge in [0.1, 0.15) is 0 Å². The van der Waals surface area contributed by atoms with Gasteiger partial charge in [-0.3, -0.25) is 9.48 Å². The number of aromatic nitrogens is 2. The van der Waals surface area contributed by atoms with Crippen LogP contribution in [0.1, 0.15) is 16.8 Å². The van der Waals surface area contributed by atoms with E-state index in [1.807, 2.05) is 42.1 Å². The third-order valence-electron chi connectivity index (χ3n) is 3.00. The second-order valence-corrected chi connectivity index (χ2v) is 4.39. The van der Waals surface area contributed by atoms with Crippen LogP contribution in [0.25, 0.3) is 0 Å². The van der Waals surface area contributed by atoms with Crippen LogP contribution in [0.15, 0.2) is 36.5 Å². The molecule has 0 fully saturated rings. The second-order valence-electron chi connectivity index (χ2n) is 4.39. The van der Waals surface area contributed by atoms with E-state index in [-0.39, 0.29) is 6.42 Å². The van der Waals surface area contributed by atoms with Crippen LogP contribution in [0.5, 0.6) is 0 Å². The Morgan fingerprint density at radius 3 is 2.63 bits per heavy atom. The summed E-state index contributed by atoms with van der Waals surface area (Å²) < 4.78 is 1.82. The van der Waals surface area contributed by atoms with Crippen LogP contribution in [0, 0.1) is 0 Å². The smallest absolute Gasteiger partial charge is 0.307 e. The SMILES string of the molecule is Cn1nccc1CNCc1ccccc1CC(=O)O. The van der Waals surface area contributed by atoms with E-state index in [2.05, 4.69) is 10.4 Å². The minimum absolute atomic E-state index is 0.0591. The molecule has 2 aromatic rings. The van der Waals surface area contributed by atoms with E-state index in [9.17, 15) is 4.79 Å². The van der Waals surface area contributed by atoms with Gasteiger partial charge in [0.2, 0.25) is 0 Å². The molecule has 100 valence electrons. The number of nitrogens with zero attached hydrogens (tertiary/aromatic N) is 2. The van der Waals surface area contributed by atoms with Gasteiger partial charge in [0.25, 0.3) is 0 Å². The average molecular weight is 259 g/mol. The van der Waals surface area contributed by atoms with Crippen molar-refractivity contribution in [2.45, 2.75) is 19.5 Å². The maximum absolute atomic E-state index is 10.8. The van der Waals surface area contributed by atoms with Crippen molar-refractivity contribution in [3.05, 3.63) is 53.3 Å². The lowest BCUT2D eigenvalue weighted by molar-refractivity contribution is -0.136. The molecule has 0 aliphatic heterocycles. The second kappa shape index (κ2) is 6.15. The van der Waals surface area contributed by atoms with Gasteiger partial charge < -0.3 is 10.4 Å². The molecular weight excluding hydrogens is 242 g/mol. The van der Waals surface area contributed by atoms with Crippen LogP contribution in [0.2, 0.25) is 0 Å². The summed E-state index contributed by atoms with van der Waals surface area (Å²) in [4.78, 5) is 10.8. The Balaban J connectivity index is 1.96. The van der Waals surface area contributed by atoms with Gasteiger partial charge in [0.05, 0.1) is 12.1 Å². The van der Waals surface area contributed by atoms with Gasteiger partial charge in [-0.25, -0.2) is 0 Å². The molecule has 0 aliphatic rings. The monoisotopic (exact) mass is 259 g/mol. The lowest BCUT2D eigenvalue weighted by Crippen LogP contribution is -2.17. The molecule has 5 heteroatoms. The quantitative estimate of drug-likeness (QED) is 0.821. The average Bonchev–Trinajstić information content (AvgIpc) is 2.77. The fourth-order valence-electron chi connectivity index (χ4n) is 1.97. The van der Waals surface area contributed by atoms with Gasteiger partial charge in [0, 0.05) is 26.3 Å². The number of carboxylic acid groups (broad SMARTS) is 1. The minimum atomic E-state index is -0.806. The number of carbonyl (C=O) groups is 1. The van der Waals surface area contributed by atoms with E-state index in [0.29, 0.717) is 13.1 Å². The Hall–Kier alpha value is -2.14. The number of aryl methyl sites for hydroxylation is 1. The maximum Gasteiger partial charge on any atom is 0.307 e. The van der Waals surface area contributed by atoms with Crippen molar-refractivity contribution in [3.8, 4) is 0 Å². The summed E-state index contributed by atoms with van der Waals surface area (Å²) in [6.45, 7) is 1.35. The van der Waals surface area contributed by atoms with Gasteiger partial charge in [-0.1, -0.05) is 24.3 Å². The lowest BCUT2D eigenvalue weighted by Gasteiger charge is -2.09. The number of carboxylic acids is 1. The third-order valence-corrected chi connectivity index (χ3v) is 3.00. The van der Waals surface area contributed by atoms with Crippen LogP contribution in [0.3, 0.4) is 0 Å². The molecule has 0 atom stereocenters. The molecule has 0 amide bonds. The molecule has 0 spiro atoms. The van der Waals surface area contributed by atoms with Crippen LogP contribution in [-0.4, -0.2) is 20.9 Å². The van der Waals surface area contributed by atoms with Gasteiger partial charge in [-0.15, -0.1) is 0 Å². The molecule has 0 radical (unpaired) electrons. The van der Waals surface area contributed by atoms with E-state index in [1.54, 1.807) is 6.20 Å². The fraction of sp³-hybridized carbons (Fsp3) is 0.286. The van der Waals surface area contributed by atoms with Crippen molar-refractivity contribution >= 4 is 5.97 Å². The molecule has 0 saturated heterocycles. The van der Waals surface area contributed by atoms with Crippen molar-refractivity contribution in [1.29, 1.82) is 0 Å². The van der Waals surface area contributed by atoms with E-state index in [0.717, 1.165) is 16.8 Å². The van der Waals surface area contributed by atoms with Crippen molar-refractivity contribution in [2.24, 2.45) is 7.05 Å². The molecule has 0 aliphatic carbocycles. The first kappa shape index (κ1) is 13.3. The number of aliphatic carboxylic acids is 1. The topological polar surface area (TPSA) is 67.2 Å². The summed E-state index contributed by atoms with van der Waals surface area (Å²) >= 11 is 0. The van der Waals surface area contributed by atoms with Crippen molar-refractivity contribution in [3.63, 3.8) is 0 Å². The number of nitrogens with one attached hydrogen (secondary N) is 1. The van der Waals surface area contributed by atoms with E-state index in [1.165, 1.54) is 0 Å². The third kappa shape index (κ3) is 3.66. The Morgan fingerprint density at radius 2 is 2.00 bits per heavy atom. The Morgan fingerprint density at radius 1 is 1.26 bits per heavy atom. The molecule has 5 nitrogen and oxygen atoms in total. The predicted octanol–water partition coefficient (Wildman–Crippen LogP) is 1.34. The van der Waals surface area contributed by atoms with E-state index >= 15 is 0 Å². The number of benzene rings is 1. The lowest BCUT2D eigenvalue weighted by atomic mass is 10.0. The van der Waals surface area contributed by atoms with Gasteiger partial charge in [-0.2, -0.15) is 5.10 Å². The zero-order valence-corrected chi connectivity index (χ0v) is 10.8. The zero-order valence-electron chi connectivity index (χ0n) is 10.8. The highest BCUT2D eigenvalue weighted by Gasteiger charge is 2.06. The largest absolute Gasteiger partial charge is 0.481 e. The summed E-state index contributed by atoms with van der Waals surface area (Å²) in [6.07, 6.45) is 1.82. The van der Waals surface area contributed by atoms with Crippen LogP contribution in [0.4, 0.5) is 0 Å². The Kier molecular flexibility index (Phi) is 4.30. The Bertz CT molecular complexity index is 563. The molecule has 0 unspecified atom stereocenters. The highest BCUT2D eigenvalue weighted by Crippen LogP contribution is 2.09. The predicted molar refractivity (Wildman–Crippen MR) is 71.5 cm³/mol. The van der Waals surface area contributed by atoms with E-state index < -0.39 is 5.97 Å². The molecule has 1 aromatic heterocycles. The standard InChI is InChI=1S/C14H17N3O2/c1-17-13(6-7-16-17)10-15-9-12-5-3-2-4-11(12)8-14(18)19/h2-7,15H,8-10H2,1H3,(H,18,19). The first-order valence-electron chi connectivity index (χ1n) is 6.13. The van der Waals surface area contributed by atoms with Crippen molar-refractivity contribution in [2.75, 3.05) is 0 Å². The van der Waals surface area contributed by atoms with Crippen LogP contribution < -0.4 is 5.32 Å². The molecule has 1 heterocycles. The molecule has 2 N–H and O–H groups in total. The highest BCUT2D eigenvalue weighted by molar-refractivity contribution is 5.70. The van der Waals surface area contributed by atoms with Gasteiger partial charge >= 0.3 is 5.97 Å². The van der Waals surface area contributed by atoms with E-state index in [4.69, 9.17) is 5.11 Å². The molecular formula is C14H17N3O2. The molecule has 19 heavy (non-hydrogen) atoms. The first-order valence-corrected chi connectivity index (χ1v) is 6.13. The minimum Gasteiger partial charge on any atom is -0.481 e. The summed E-state index contributed by atoms with van der Waals surface area (Å²) in [5.41, 5.74) is 2.97. The molecule has 0 bridgehead atoms. The zero-order chi connectivity index (χ0) is 13.7. The number of rotatable bonds is 6. The molecule has 0 saturated carbocycles. The van der Waals surface area contributed by atoms with Crippen molar-refractivity contribution < 1.29 is 9.90 Å². The van der Waals surface area contributed by atoms with Gasteiger partial charge in [-0.05, 0) is 17.2 Å².